The highest BCUT2D eigenvalue weighted by atomic mass is 127. The Morgan fingerprint density at radius 2 is 2.08 bits per heavy atom. The molecule has 0 aromatic rings. The van der Waals surface area contributed by atoms with E-state index in [2.05, 4.69) is 13.8 Å². The van der Waals surface area contributed by atoms with Crippen LogP contribution in [0.2, 0.25) is 0 Å². The largest absolute Gasteiger partial charge is 0.390 e. The number of ether oxygens (including phenoxy) is 1. The Kier molecular flexibility index (Phi) is 3.30. The smallest absolute Gasteiger partial charge is 0.288 e. The average molecular weight is 299 g/mol. The first-order chi connectivity index (χ1) is 5.82. The second kappa shape index (κ2) is 3.66. The van der Waals surface area contributed by atoms with Crippen molar-refractivity contribution in [3.8, 4) is 0 Å². The minimum atomic E-state index is -0.377. The van der Waals surface area contributed by atoms with Crippen LogP contribution in [0.5, 0.6) is 0 Å². The molecule has 0 saturated carbocycles. The quantitative estimate of drug-likeness (QED) is 0.501. The van der Waals surface area contributed by atoms with Crippen molar-refractivity contribution >= 4 is 0 Å². The fourth-order valence-electron chi connectivity index (χ4n) is 1.37. The first kappa shape index (κ1) is 11.7. The van der Waals surface area contributed by atoms with E-state index in [9.17, 15) is 5.11 Å². The molecule has 0 aliphatic carbocycles. The molecule has 1 fully saturated rings. The van der Waals surface area contributed by atoms with E-state index in [-0.39, 0.29) is 11.7 Å². The molecule has 0 spiro atoms. The summed E-state index contributed by atoms with van der Waals surface area (Å²) in [6.07, 6.45) is 0.638. The van der Waals surface area contributed by atoms with Gasteiger partial charge in [-0.15, -0.1) is 0 Å². The lowest BCUT2D eigenvalue weighted by atomic mass is 9.91. The fraction of sp³-hybridized carbons (Fsp3) is 1.00. The highest BCUT2D eigenvalue weighted by molar-refractivity contribution is 4.95. The van der Waals surface area contributed by atoms with Crippen molar-refractivity contribution in [3.05, 3.63) is 0 Å². The molecule has 1 aliphatic rings. The van der Waals surface area contributed by atoms with Gasteiger partial charge in [0.1, 0.15) is 0 Å². The lowest BCUT2D eigenvalue weighted by Gasteiger charge is -2.29. The summed E-state index contributed by atoms with van der Waals surface area (Å²) >= 11 is 0.339. The van der Waals surface area contributed by atoms with Crippen molar-refractivity contribution in [3.63, 3.8) is 0 Å². The zero-order valence-electron chi connectivity index (χ0n) is 9.10. The van der Waals surface area contributed by atoms with E-state index in [0.29, 0.717) is 24.6 Å². The van der Waals surface area contributed by atoms with Gasteiger partial charge in [-0.05, 0) is 27.7 Å². The van der Waals surface area contributed by atoms with Crippen LogP contribution in [0.15, 0.2) is 0 Å². The Morgan fingerprint density at radius 3 is 2.31 bits per heavy atom. The summed E-state index contributed by atoms with van der Waals surface area (Å²) < 4.78 is 6.81. The standard InChI is InChI=1S/C10H20IO2/c1-7(12)10(4,13-5)6-8-9(2,3)11-8/h7-8,12H,6H2,1-5H3/q+1/t7-,8?,10-/m0/s1. The summed E-state index contributed by atoms with van der Waals surface area (Å²) in [6, 6.07) is 0. The normalized spacial score (nSPS) is 32.3. The third-order valence-corrected chi connectivity index (χ3v) is 7.48. The molecule has 1 rings (SSSR count). The van der Waals surface area contributed by atoms with Gasteiger partial charge in [-0.1, -0.05) is 0 Å². The van der Waals surface area contributed by atoms with E-state index in [1.54, 1.807) is 7.11 Å². The number of hydrogen-bond donors (Lipinski definition) is 1. The van der Waals surface area contributed by atoms with Gasteiger partial charge in [-0.2, -0.15) is 0 Å². The number of aliphatic hydroxyl groups is 1. The van der Waals surface area contributed by atoms with E-state index in [1.807, 2.05) is 13.8 Å². The van der Waals surface area contributed by atoms with Crippen LogP contribution in [-0.4, -0.2) is 31.3 Å². The van der Waals surface area contributed by atoms with Gasteiger partial charge in [0.05, 0.1) is 11.7 Å². The summed E-state index contributed by atoms with van der Waals surface area (Å²) in [5.74, 6) is 0. The number of aliphatic hydroxyl groups excluding tert-OH is 1. The monoisotopic (exact) mass is 299 g/mol. The summed E-state index contributed by atoms with van der Waals surface area (Å²) in [5.41, 5.74) is -0.335. The van der Waals surface area contributed by atoms with Crippen molar-refractivity contribution < 1.29 is 31.0 Å². The van der Waals surface area contributed by atoms with Crippen LogP contribution in [0.4, 0.5) is 0 Å². The summed E-state index contributed by atoms with van der Waals surface area (Å²) in [5, 5.41) is 9.61. The van der Waals surface area contributed by atoms with Crippen LogP contribution >= 0.6 is 0 Å². The van der Waals surface area contributed by atoms with Crippen molar-refractivity contribution in [1.29, 1.82) is 0 Å². The van der Waals surface area contributed by atoms with Crippen LogP contribution in [0.25, 0.3) is 0 Å². The Morgan fingerprint density at radius 1 is 1.62 bits per heavy atom. The Bertz CT molecular complexity index is 191. The molecule has 1 saturated heterocycles. The molecule has 1 N–H and O–H groups in total. The molecule has 3 atom stereocenters. The Balaban J connectivity index is 2.51. The van der Waals surface area contributed by atoms with Gasteiger partial charge in [0.25, 0.3) is 21.2 Å². The van der Waals surface area contributed by atoms with Crippen LogP contribution in [0.1, 0.15) is 34.1 Å². The molecule has 0 radical (unpaired) electrons. The fourth-order valence-corrected chi connectivity index (χ4v) is 4.44. The maximum absolute atomic E-state index is 9.61. The molecular formula is C10H20IO2+. The molecule has 1 aliphatic heterocycles. The number of halogens is 1. The predicted octanol–water partition coefficient (Wildman–Crippen LogP) is -1.59. The lowest BCUT2D eigenvalue weighted by molar-refractivity contribution is -0.536. The van der Waals surface area contributed by atoms with Crippen LogP contribution in [-0.2, 0) is 4.74 Å². The van der Waals surface area contributed by atoms with Gasteiger partial charge in [-0.25, -0.2) is 0 Å². The molecule has 1 heterocycles. The maximum Gasteiger partial charge on any atom is 0.288 e. The predicted molar refractivity (Wildman–Crippen MR) is 49.6 cm³/mol. The number of rotatable bonds is 4. The molecule has 1 unspecified atom stereocenters. The van der Waals surface area contributed by atoms with Crippen molar-refractivity contribution in [1.82, 2.24) is 0 Å². The topological polar surface area (TPSA) is 29.5 Å². The maximum atomic E-state index is 9.61. The van der Waals surface area contributed by atoms with E-state index < -0.39 is 0 Å². The van der Waals surface area contributed by atoms with E-state index in [4.69, 9.17) is 4.74 Å². The molecule has 2 nitrogen and oxygen atoms in total. The van der Waals surface area contributed by atoms with Gasteiger partial charge in [-0.3, -0.25) is 0 Å². The van der Waals surface area contributed by atoms with E-state index >= 15 is 0 Å². The summed E-state index contributed by atoms with van der Waals surface area (Å²) in [6.45, 7) is 8.47. The number of methoxy groups -OCH3 is 1. The number of alkyl halides is 2. The van der Waals surface area contributed by atoms with Crippen molar-refractivity contribution in [2.45, 2.75) is 53.2 Å². The first-order valence-corrected chi connectivity index (χ1v) is 7.02. The Labute approximate surface area is 91.3 Å². The van der Waals surface area contributed by atoms with E-state index in [0.717, 1.165) is 10.3 Å². The molecule has 3 heteroatoms. The summed E-state index contributed by atoms with van der Waals surface area (Å²) in [4.78, 5) is 0. The molecule has 0 aromatic heterocycles. The zero-order valence-corrected chi connectivity index (χ0v) is 11.3. The van der Waals surface area contributed by atoms with Crippen LogP contribution in [0, 0.1) is 0 Å². The first-order valence-electron chi connectivity index (χ1n) is 4.69. The highest BCUT2D eigenvalue weighted by Crippen LogP contribution is 2.25. The van der Waals surface area contributed by atoms with Gasteiger partial charge >= 0.3 is 0 Å². The third kappa shape index (κ3) is 2.57. The lowest BCUT2D eigenvalue weighted by Crippen LogP contribution is -3.51. The molecule has 78 valence electrons. The van der Waals surface area contributed by atoms with E-state index in [1.165, 1.54) is 0 Å². The second-order valence-corrected chi connectivity index (χ2v) is 9.44. The van der Waals surface area contributed by atoms with Crippen molar-refractivity contribution in [2.24, 2.45) is 0 Å². The molecule has 0 aromatic carbocycles. The van der Waals surface area contributed by atoms with Gasteiger partial charge < -0.3 is 9.84 Å². The molecule has 13 heavy (non-hydrogen) atoms. The molecule has 0 bridgehead atoms. The number of hydrogen-bond acceptors (Lipinski definition) is 2. The Hall–Kier alpha value is 0.650. The highest BCUT2D eigenvalue weighted by Gasteiger charge is 2.68. The molecular weight excluding hydrogens is 279 g/mol. The minimum Gasteiger partial charge on any atom is -0.390 e. The zero-order chi connectivity index (χ0) is 10.3. The van der Waals surface area contributed by atoms with Crippen LogP contribution < -0.4 is 21.2 Å². The van der Waals surface area contributed by atoms with Crippen molar-refractivity contribution in [2.75, 3.05) is 7.11 Å². The average Bonchev–Trinajstić information content (AvgIpc) is 2.58. The minimum absolute atomic E-state index is 0.335. The third-order valence-electron chi connectivity index (χ3n) is 3.04. The van der Waals surface area contributed by atoms with Gasteiger partial charge in [0, 0.05) is 13.5 Å². The SMILES string of the molecule is CO[C@@](C)(CC1[I+]C1(C)C)[C@H](C)O. The van der Waals surface area contributed by atoms with Gasteiger partial charge in [0.15, 0.2) is 0 Å². The summed E-state index contributed by atoms with van der Waals surface area (Å²) in [7, 11) is 1.69. The second-order valence-electron chi connectivity index (χ2n) is 4.54. The van der Waals surface area contributed by atoms with Crippen LogP contribution in [0.3, 0.4) is 0 Å². The van der Waals surface area contributed by atoms with Gasteiger partial charge in [0.2, 0.25) is 7.35 Å². The molecule has 0 amide bonds.